The lowest BCUT2D eigenvalue weighted by molar-refractivity contribution is -0.546. The lowest BCUT2D eigenvalue weighted by atomic mass is 9.71. The summed E-state index contributed by atoms with van der Waals surface area (Å²) in [5.74, 6) is 2.18. The maximum atomic E-state index is 12.2. The van der Waals surface area contributed by atoms with E-state index in [-0.39, 0.29) is 24.3 Å². The van der Waals surface area contributed by atoms with Crippen molar-refractivity contribution >= 4 is 26.1 Å². The van der Waals surface area contributed by atoms with E-state index in [1.807, 2.05) is 19.1 Å². The molecule has 0 spiro atoms. The maximum Gasteiger partial charge on any atom is 0.364 e. The molecule has 1 saturated heterocycles. The summed E-state index contributed by atoms with van der Waals surface area (Å²) in [6.45, 7) is 1.98. The molecule has 0 aromatic heterocycles. The van der Waals surface area contributed by atoms with Gasteiger partial charge in [0.1, 0.15) is 12.0 Å². The van der Waals surface area contributed by atoms with E-state index >= 15 is 0 Å². The molecule has 10 nitrogen and oxygen atoms in total. The second kappa shape index (κ2) is 13.8. The van der Waals surface area contributed by atoms with Crippen LogP contribution in [0.25, 0.3) is 0 Å². The Labute approximate surface area is 269 Å². The van der Waals surface area contributed by atoms with Gasteiger partial charge in [0.15, 0.2) is 18.0 Å². The molecule has 0 amide bonds. The molecule has 2 N–H and O–H groups in total. The van der Waals surface area contributed by atoms with Crippen LogP contribution in [-0.4, -0.2) is 77.4 Å². The van der Waals surface area contributed by atoms with Crippen molar-refractivity contribution in [1.82, 2.24) is 4.90 Å². The zero-order chi connectivity index (χ0) is 31.8. The highest BCUT2D eigenvalue weighted by atomic mass is 32.2. The third-order valence-corrected chi connectivity index (χ3v) is 13.0. The minimum absolute atomic E-state index is 0.122. The Hall–Kier alpha value is -1.63. The van der Waals surface area contributed by atoms with Crippen LogP contribution in [0.3, 0.4) is 0 Å². The molecule has 254 valence electrons. The molecule has 6 atom stereocenters. The molecule has 2 aliphatic heterocycles. The van der Waals surface area contributed by atoms with Crippen molar-refractivity contribution in [3.05, 3.63) is 23.6 Å². The van der Waals surface area contributed by atoms with Gasteiger partial charge in [0.2, 0.25) is 0 Å². The number of hydrogen-bond donors (Lipinski definition) is 2. The van der Waals surface area contributed by atoms with Crippen molar-refractivity contribution in [3.8, 4) is 0 Å². The van der Waals surface area contributed by atoms with Crippen molar-refractivity contribution in [1.29, 1.82) is 0 Å². The van der Waals surface area contributed by atoms with E-state index in [1.165, 1.54) is 64.2 Å². The smallest absolute Gasteiger partial charge is 0.364 e. The molecule has 45 heavy (non-hydrogen) atoms. The van der Waals surface area contributed by atoms with Crippen molar-refractivity contribution < 1.29 is 40.0 Å². The molecule has 2 heterocycles. The van der Waals surface area contributed by atoms with Crippen LogP contribution in [0.4, 0.5) is 0 Å². The molecule has 6 unspecified atom stereocenters. The van der Waals surface area contributed by atoms with E-state index in [4.69, 9.17) is 9.47 Å². The number of nitrogens with zero attached hydrogens (tertiary/aromatic N) is 2. The Morgan fingerprint density at radius 1 is 0.778 bits per heavy atom. The van der Waals surface area contributed by atoms with Gasteiger partial charge in [-0.3, -0.25) is 9.11 Å². The quantitative estimate of drug-likeness (QED) is 0.229. The summed E-state index contributed by atoms with van der Waals surface area (Å²) in [5, 5.41) is 0. The summed E-state index contributed by atoms with van der Waals surface area (Å²) in [6.07, 6.45) is 22.0. The molecule has 0 bridgehead atoms. The average molecular weight is 670 g/mol. The topological polar surface area (TPSA) is 133 Å². The van der Waals surface area contributed by atoms with Crippen molar-refractivity contribution in [2.24, 2.45) is 23.7 Å². The second-order valence-electron chi connectivity index (χ2n) is 14.6. The van der Waals surface area contributed by atoms with E-state index in [0.29, 0.717) is 41.9 Å². The van der Waals surface area contributed by atoms with E-state index in [2.05, 4.69) is 0 Å². The Kier molecular flexibility index (Phi) is 10.2. The molecule has 4 aliphatic carbocycles. The minimum Gasteiger partial charge on any atom is -0.474 e. The van der Waals surface area contributed by atoms with Crippen LogP contribution in [0, 0.1) is 23.7 Å². The van der Waals surface area contributed by atoms with E-state index < -0.39 is 32.0 Å². The normalized spacial score (nSPS) is 34.9. The van der Waals surface area contributed by atoms with E-state index in [1.54, 1.807) is 9.48 Å². The standard InChI is InChI=1S/C33H52N2O8S2/c1-2-23(17-32-34(21-44(36,37)38)28-19-26(13-15-30(28)42-32)24-9-5-3-6-10-24)18-33-35(22-45(39,40)41)29-20-27(14-16-31(29)43-33)25-11-7-4-8-12-25/h17-18,24-31H,2-16,19-22H2,1H3,(H-,36,37,38,39,40,41)/p+1. The zero-order valence-electron chi connectivity index (χ0n) is 26.8. The second-order valence-corrected chi connectivity index (χ2v) is 17.5. The van der Waals surface area contributed by atoms with Crippen LogP contribution in [0.2, 0.25) is 0 Å². The fourth-order valence-electron chi connectivity index (χ4n) is 9.54. The first-order chi connectivity index (χ1) is 21.5. The molecule has 4 saturated carbocycles. The molecule has 5 fully saturated rings. The van der Waals surface area contributed by atoms with E-state index in [0.717, 1.165) is 44.1 Å². The Balaban J connectivity index is 1.27. The summed E-state index contributed by atoms with van der Waals surface area (Å²) in [4.78, 5) is 1.73. The van der Waals surface area contributed by atoms with Gasteiger partial charge < -0.3 is 14.4 Å². The molecular formula is C33H53N2O8S2+. The van der Waals surface area contributed by atoms with E-state index in [9.17, 15) is 25.9 Å². The van der Waals surface area contributed by atoms with Crippen molar-refractivity contribution in [3.63, 3.8) is 0 Å². The first-order valence-corrected chi connectivity index (χ1v) is 20.8. The summed E-state index contributed by atoms with van der Waals surface area (Å²) >= 11 is 0. The number of fused-ring (bicyclic) bond motifs is 2. The predicted octanol–water partition coefficient (Wildman–Crippen LogP) is 5.86. The fourth-order valence-corrected chi connectivity index (χ4v) is 10.9. The minimum atomic E-state index is -4.30. The molecule has 0 aromatic carbocycles. The Morgan fingerprint density at radius 3 is 1.96 bits per heavy atom. The number of rotatable bonds is 9. The van der Waals surface area contributed by atoms with Crippen LogP contribution in [0.1, 0.15) is 116 Å². The molecule has 6 rings (SSSR count). The van der Waals surface area contributed by atoms with Crippen LogP contribution in [0.5, 0.6) is 0 Å². The van der Waals surface area contributed by atoms with Gasteiger partial charge >= 0.3 is 16.0 Å². The summed E-state index contributed by atoms with van der Waals surface area (Å²) < 4.78 is 83.1. The number of hydrogen-bond acceptors (Lipinski definition) is 7. The highest BCUT2D eigenvalue weighted by molar-refractivity contribution is 7.85. The molecule has 0 radical (unpaired) electrons. The average Bonchev–Trinajstić information content (AvgIpc) is 3.51. The lowest BCUT2D eigenvalue weighted by Gasteiger charge is -2.38. The fraction of sp³-hybridized carbons (Fsp3) is 0.848. The maximum absolute atomic E-state index is 12.2. The van der Waals surface area contributed by atoms with Gasteiger partial charge in [-0.05, 0) is 67.8 Å². The SMILES string of the molecule is CCC(=C/C1=[N+](CS(=O)(=O)O)C2CC(C3CCCCC3)CCC2O1)/C=C1\OC2CCC(C3CCCCC3)CC2N1CS(=O)(=O)O. The molecular weight excluding hydrogens is 617 g/mol. The zero-order valence-corrected chi connectivity index (χ0v) is 28.4. The van der Waals surface area contributed by atoms with Crippen LogP contribution >= 0.6 is 0 Å². The lowest BCUT2D eigenvalue weighted by Crippen LogP contribution is -2.43. The van der Waals surface area contributed by atoms with Gasteiger partial charge in [0, 0.05) is 12.5 Å². The highest BCUT2D eigenvalue weighted by Crippen LogP contribution is 2.45. The number of ether oxygens (including phenoxy) is 2. The summed E-state index contributed by atoms with van der Waals surface area (Å²) in [6, 6.07) is -0.245. The predicted molar refractivity (Wildman–Crippen MR) is 172 cm³/mol. The van der Waals surface area contributed by atoms with Crippen molar-refractivity contribution in [2.75, 3.05) is 11.8 Å². The third kappa shape index (κ3) is 8.09. The number of allylic oxidation sites excluding steroid dienone is 2. The van der Waals surface area contributed by atoms with Gasteiger partial charge in [-0.15, -0.1) is 0 Å². The third-order valence-electron chi connectivity index (χ3n) is 11.8. The first-order valence-electron chi connectivity index (χ1n) is 17.5. The van der Waals surface area contributed by atoms with Crippen LogP contribution < -0.4 is 0 Å². The highest BCUT2D eigenvalue weighted by Gasteiger charge is 2.50. The Bertz CT molecular complexity index is 1380. The summed E-state index contributed by atoms with van der Waals surface area (Å²) in [7, 11) is -8.61. The molecule has 6 aliphatic rings. The Morgan fingerprint density at radius 2 is 1.38 bits per heavy atom. The van der Waals surface area contributed by atoms with Crippen LogP contribution in [-0.2, 0) is 29.7 Å². The monoisotopic (exact) mass is 669 g/mol. The summed E-state index contributed by atoms with van der Waals surface area (Å²) in [5.41, 5.74) is 0.797. The molecule has 12 heteroatoms. The largest absolute Gasteiger partial charge is 0.474 e. The first kappa shape index (κ1) is 33.3. The van der Waals surface area contributed by atoms with Gasteiger partial charge in [-0.2, -0.15) is 21.4 Å². The van der Waals surface area contributed by atoms with Crippen molar-refractivity contribution in [2.45, 2.75) is 140 Å². The van der Waals surface area contributed by atoms with Gasteiger partial charge in [-0.1, -0.05) is 71.1 Å². The van der Waals surface area contributed by atoms with Gasteiger partial charge in [-0.25, -0.2) is 0 Å². The van der Waals surface area contributed by atoms with Gasteiger partial charge in [0.05, 0.1) is 12.1 Å². The van der Waals surface area contributed by atoms with Gasteiger partial charge in [0.25, 0.3) is 16.0 Å². The van der Waals surface area contributed by atoms with Crippen LogP contribution in [0.15, 0.2) is 23.6 Å². The molecule has 0 aromatic rings.